The monoisotopic (exact) mass is 581 g/mol. The molecule has 0 saturated carbocycles. The third-order valence-corrected chi connectivity index (χ3v) is 7.99. The SMILES string of the molecule is C=CCOC1(C)CCN(c2c(CC(=O)OC)c(C)nc3cc(-c4cccc(-c5cnccc5OC(C)C=C)c4)nn23)CC1. The van der Waals surface area contributed by atoms with Gasteiger partial charge in [-0.15, -0.1) is 6.58 Å². The zero-order valence-electron chi connectivity index (χ0n) is 25.4. The van der Waals surface area contributed by atoms with Gasteiger partial charge in [0, 0.05) is 53.9 Å². The molecule has 1 unspecified atom stereocenters. The fourth-order valence-electron chi connectivity index (χ4n) is 5.42. The normalized spacial score (nSPS) is 15.2. The quantitative estimate of drug-likeness (QED) is 0.157. The molecule has 0 aliphatic carbocycles. The number of hydrogen-bond acceptors (Lipinski definition) is 8. The van der Waals surface area contributed by atoms with Gasteiger partial charge in [0.1, 0.15) is 17.7 Å². The first kappa shape index (κ1) is 30.0. The Balaban J connectivity index is 1.56. The van der Waals surface area contributed by atoms with Crippen LogP contribution in [0.5, 0.6) is 5.75 Å². The number of pyridine rings is 1. The Bertz CT molecular complexity index is 1640. The topological polar surface area (TPSA) is 91.1 Å². The van der Waals surface area contributed by atoms with Gasteiger partial charge in [-0.1, -0.05) is 36.9 Å². The lowest BCUT2D eigenvalue weighted by molar-refractivity contribution is -0.139. The molecule has 0 amide bonds. The largest absolute Gasteiger partial charge is 0.486 e. The fraction of sp³-hybridized carbons (Fsp3) is 0.353. The first-order valence-electron chi connectivity index (χ1n) is 14.5. The summed E-state index contributed by atoms with van der Waals surface area (Å²) >= 11 is 0. The third kappa shape index (κ3) is 6.46. The van der Waals surface area contributed by atoms with Crippen LogP contribution in [0.4, 0.5) is 5.82 Å². The lowest BCUT2D eigenvalue weighted by atomic mass is 9.93. The average Bonchev–Trinajstić information content (AvgIpc) is 3.44. The van der Waals surface area contributed by atoms with Gasteiger partial charge in [0.2, 0.25) is 0 Å². The van der Waals surface area contributed by atoms with Crippen molar-refractivity contribution in [2.45, 2.75) is 51.7 Å². The van der Waals surface area contributed by atoms with Gasteiger partial charge in [-0.25, -0.2) is 4.98 Å². The van der Waals surface area contributed by atoms with E-state index >= 15 is 0 Å². The summed E-state index contributed by atoms with van der Waals surface area (Å²) in [7, 11) is 1.41. The Morgan fingerprint density at radius 3 is 2.65 bits per heavy atom. The number of aryl methyl sites for hydroxylation is 1. The van der Waals surface area contributed by atoms with Crippen molar-refractivity contribution in [3.63, 3.8) is 0 Å². The highest BCUT2D eigenvalue weighted by molar-refractivity contribution is 5.78. The average molecular weight is 582 g/mol. The number of piperidine rings is 1. The Morgan fingerprint density at radius 2 is 1.93 bits per heavy atom. The molecule has 4 aromatic rings. The summed E-state index contributed by atoms with van der Waals surface area (Å²) in [6.45, 7) is 15.7. The van der Waals surface area contributed by atoms with Crippen molar-refractivity contribution < 1.29 is 19.0 Å². The molecule has 0 N–H and O–H groups in total. The van der Waals surface area contributed by atoms with Crippen molar-refractivity contribution in [1.29, 1.82) is 0 Å². The Hall–Kier alpha value is -4.50. The van der Waals surface area contributed by atoms with E-state index in [1.807, 2.05) is 48.7 Å². The molecule has 0 bridgehead atoms. The zero-order valence-corrected chi connectivity index (χ0v) is 25.4. The second-order valence-corrected chi connectivity index (χ2v) is 11.1. The molecule has 9 nitrogen and oxygen atoms in total. The number of rotatable bonds is 11. The molecule has 0 radical (unpaired) electrons. The van der Waals surface area contributed by atoms with E-state index < -0.39 is 0 Å². The summed E-state index contributed by atoms with van der Waals surface area (Å²) in [5.74, 6) is 1.28. The van der Waals surface area contributed by atoms with Crippen molar-refractivity contribution in [3.8, 4) is 28.1 Å². The lowest BCUT2D eigenvalue weighted by Gasteiger charge is -2.40. The van der Waals surface area contributed by atoms with Crippen LogP contribution in [-0.2, 0) is 20.7 Å². The molecule has 1 fully saturated rings. The van der Waals surface area contributed by atoms with E-state index in [-0.39, 0.29) is 24.1 Å². The lowest BCUT2D eigenvalue weighted by Crippen LogP contribution is -2.45. The molecule has 9 heteroatoms. The number of esters is 1. The summed E-state index contributed by atoms with van der Waals surface area (Å²) in [6.07, 6.45) is 8.70. The molecule has 1 aromatic carbocycles. The highest BCUT2D eigenvalue weighted by Gasteiger charge is 2.33. The summed E-state index contributed by atoms with van der Waals surface area (Å²) in [6, 6.07) is 12.0. The van der Waals surface area contributed by atoms with Crippen LogP contribution in [0.3, 0.4) is 0 Å². The van der Waals surface area contributed by atoms with Gasteiger partial charge in [-0.3, -0.25) is 9.78 Å². The van der Waals surface area contributed by atoms with E-state index in [0.29, 0.717) is 12.3 Å². The molecule has 1 saturated heterocycles. The van der Waals surface area contributed by atoms with Gasteiger partial charge in [0.25, 0.3) is 0 Å². The number of anilines is 1. The molecule has 5 rings (SSSR count). The Labute approximate surface area is 252 Å². The number of fused-ring (bicyclic) bond motifs is 1. The minimum atomic E-state index is -0.318. The molecule has 1 aliphatic heterocycles. The predicted octanol–water partition coefficient (Wildman–Crippen LogP) is 6.00. The molecule has 43 heavy (non-hydrogen) atoms. The van der Waals surface area contributed by atoms with Crippen molar-refractivity contribution >= 4 is 17.4 Å². The second-order valence-electron chi connectivity index (χ2n) is 11.1. The first-order valence-corrected chi connectivity index (χ1v) is 14.5. The van der Waals surface area contributed by atoms with Crippen LogP contribution in [0.2, 0.25) is 0 Å². The van der Waals surface area contributed by atoms with E-state index in [2.05, 4.69) is 36.0 Å². The number of methoxy groups -OCH3 is 1. The number of hydrogen-bond donors (Lipinski definition) is 0. The Kier molecular flexibility index (Phi) is 8.92. The van der Waals surface area contributed by atoms with Crippen LogP contribution in [0.25, 0.3) is 28.0 Å². The number of carbonyl (C=O) groups is 1. The molecule has 4 heterocycles. The maximum atomic E-state index is 12.5. The Morgan fingerprint density at radius 1 is 1.16 bits per heavy atom. The van der Waals surface area contributed by atoms with E-state index in [9.17, 15) is 4.79 Å². The van der Waals surface area contributed by atoms with Crippen LogP contribution in [-0.4, -0.2) is 64.1 Å². The smallest absolute Gasteiger partial charge is 0.310 e. The van der Waals surface area contributed by atoms with Gasteiger partial charge < -0.3 is 19.1 Å². The van der Waals surface area contributed by atoms with E-state index in [1.165, 1.54) is 7.11 Å². The zero-order chi connectivity index (χ0) is 30.6. The van der Waals surface area contributed by atoms with Crippen LogP contribution >= 0.6 is 0 Å². The molecular weight excluding hydrogens is 542 g/mol. The van der Waals surface area contributed by atoms with Gasteiger partial charge >= 0.3 is 5.97 Å². The standard InChI is InChI=1S/C34H39N5O4/c1-7-18-42-34(5)13-16-38(17-14-34)33-27(20-32(40)41-6)24(4)36-31-21-29(37-39(31)33)26-11-9-10-25(19-26)28-22-35-15-12-30(28)43-23(3)8-2/h7-12,15,19,21-23H,1-2,13-14,16-18,20H2,3-6H3. The van der Waals surface area contributed by atoms with Gasteiger partial charge in [0.15, 0.2) is 5.65 Å². The van der Waals surface area contributed by atoms with Crippen molar-refractivity contribution in [2.24, 2.45) is 0 Å². The van der Waals surface area contributed by atoms with Crippen LogP contribution in [0.15, 0.2) is 74.1 Å². The summed E-state index contributed by atoms with van der Waals surface area (Å²) in [5, 5.41) is 5.05. The maximum absolute atomic E-state index is 12.5. The van der Waals surface area contributed by atoms with Gasteiger partial charge in [-0.05, 0) is 51.3 Å². The van der Waals surface area contributed by atoms with E-state index in [1.54, 1.807) is 24.5 Å². The third-order valence-electron chi connectivity index (χ3n) is 7.99. The summed E-state index contributed by atoms with van der Waals surface area (Å²) in [5.41, 5.74) is 5.60. The van der Waals surface area contributed by atoms with E-state index in [0.717, 1.165) is 71.1 Å². The van der Waals surface area contributed by atoms with Gasteiger partial charge in [-0.2, -0.15) is 9.61 Å². The molecule has 1 atom stereocenters. The van der Waals surface area contributed by atoms with Crippen molar-refractivity contribution in [2.75, 3.05) is 31.7 Å². The number of benzene rings is 1. The molecule has 1 aliphatic rings. The van der Waals surface area contributed by atoms with Crippen LogP contribution in [0.1, 0.15) is 37.9 Å². The highest BCUT2D eigenvalue weighted by Crippen LogP contribution is 2.35. The second kappa shape index (κ2) is 12.8. The van der Waals surface area contributed by atoms with Crippen LogP contribution in [0, 0.1) is 6.92 Å². The number of aromatic nitrogens is 4. The summed E-state index contributed by atoms with van der Waals surface area (Å²) in [4.78, 5) is 24.0. The van der Waals surface area contributed by atoms with E-state index in [4.69, 9.17) is 24.3 Å². The minimum Gasteiger partial charge on any atom is -0.486 e. The number of ether oxygens (including phenoxy) is 3. The van der Waals surface area contributed by atoms with Crippen molar-refractivity contribution in [3.05, 3.63) is 85.4 Å². The van der Waals surface area contributed by atoms with Gasteiger partial charge in [0.05, 0.1) is 31.4 Å². The molecule has 3 aromatic heterocycles. The number of carbonyl (C=O) groups excluding carboxylic acids is 1. The van der Waals surface area contributed by atoms with Crippen molar-refractivity contribution in [1.82, 2.24) is 19.6 Å². The first-order chi connectivity index (χ1) is 20.7. The number of nitrogens with zero attached hydrogens (tertiary/aromatic N) is 5. The van der Waals surface area contributed by atoms with Crippen LogP contribution < -0.4 is 9.64 Å². The molecule has 224 valence electrons. The fourth-order valence-corrected chi connectivity index (χ4v) is 5.42. The molecular formula is C34H39N5O4. The highest BCUT2D eigenvalue weighted by atomic mass is 16.5. The minimum absolute atomic E-state index is 0.110. The summed E-state index contributed by atoms with van der Waals surface area (Å²) < 4.78 is 19.1. The predicted molar refractivity (Wildman–Crippen MR) is 168 cm³/mol. The molecule has 0 spiro atoms. The maximum Gasteiger partial charge on any atom is 0.310 e.